The van der Waals surface area contributed by atoms with Crippen molar-refractivity contribution in [3.63, 3.8) is 0 Å². The first-order valence-corrected chi connectivity index (χ1v) is 5.46. The molecular formula is C11H19N3. The molecule has 2 rings (SSSR count). The fourth-order valence-corrected chi connectivity index (χ4v) is 2.05. The summed E-state index contributed by atoms with van der Waals surface area (Å²) in [5.74, 6) is 0. The third kappa shape index (κ3) is 2.16. The van der Waals surface area contributed by atoms with Crippen molar-refractivity contribution < 1.29 is 0 Å². The smallest absolute Gasteiger partial charge is 0.0470 e. The van der Waals surface area contributed by atoms with Crippen LogP contribution in [0.4, 0.5) is 0 Å². The van der Waals surface area contributed by atoms with Crippen LogP contribution in [0.5, 0.6) is 0 Å². The molecule has 78 valence electrons. The van der Waals surface area contributed by atoms with E-state index in [1.165, 1.54) is 18.7 Å². The maximum atomic E-state index is 3.43. The molecule has 2 N–H and O–H groups in total. The van der Waals surface area contributed by atoms with Gasteiger partial charge >= 0.3 is 0 Å². The minimum absolute atomic E-state index is 0.518. The standard InChI is InChI=1S/C11H19N3/c1-10(11-4-2-6-13-11)14-8-3-5-12-7-9-14/h2,4,6,10,12-13H,3,5,7-9H2,1H3. The zero-order valence-electron chi connectivity index (χ0n) is 8.79. The summed E-state index contributed by atoms with van der Waals surface area (Å²) in [5.41, 5.74) is 1.33. The lowest BCUT2D eigenvalue weighted by molar-refractivity contribution is 0.222. The van der Waals surface area contributed by atoms with Crippen molar-refractivity contribution in [1.82, 2.24) is 15.2 Å². The summed E-state index contributed by atoms with van der Waals surface area (Å²) in [5, 5.41) is 3.43. The van der Waals surface area contributed by atoms with Gasteiger partial charge in [0.2, 0.25) is 0 Å². The van der Waals surface area contributed by atoms with Gasteiger partial charge in [0.25, 0.3) is 0 Å². The van der Waals surface area contributed by atoms with Gasteiger partial charge in [-0.2, -0.15) is 0 Å². The van der Waals surface area contributed by atoms with Crippen LogP contribution in [-0.4, -0.2) is 36.1 Å². The molecule has 1 atom stereocenters. The van der Waals surface area contributed by atoms with Crippen LogP contribution in [0.2, 0.25) is 0 Å². The molecular weight excluding hydrogens is 174 g/mol. The van der Waals surface area contributed by atoms with Crippen molar-refractivity contribution in [3.05, 3.63) is 24.0 Å². The molecule has 0 amide bonds. The second-order valence-corrected chi connectivity index (χ2v) is 3.94. The molecule has 1 aliphatic rings. The van der Waals surface area contributed by atoms with E-state index in [4.69, 9.17) is 0 Å². The lowest BCUT2D eigenvalue weighted by Crippen LogP contribution is -2.30. The van der Waals surface area contributed by atoms with Crippen molar-refractivity contribution in [1.29, 1.82) is 0 Å². The molecule has 3 heteroatoms. The van der Waals surface area contributed by atoms with Gasteiger partial charge in [0, 0.05) is 37.6 Å². The Balaban J connectivity index is 1.99. The third-order valence-electron chi connectivity index (χ3n) is 2.99. The molecule has 1 aromatic heterocycles. The highest BCUT2D eigenvalue weighted by molar-refractivity contribution is 5.08. The van der Waals surface area contributed by atoms with Gasteiger partial charge in [0.15, 0.2) is 0 Å². The summed E-state index contributed by atoms with van der Waals surface area (Å²) in [7, 11) is 0. The number of H-pyrrole nitrogens is 1. The van der Waals surface area contributed by atoms with Gasteiger partial charge < -0.3 is 10.3 Å². The van der Waals surface area contributed by atoms with Gasteiger partial charge in [-0.15, -0.1) is 0 Å². The molecule has 0 saturated carbocycles. The first kappa shape index (κ1) is 9.74. The minimum atomic E-state index is 0.518. The number of hydrogen-bond acceptors (Lipinski definition) is 2. The zero-order chi connectivity index (χ0) is 9.80. The van der Waals surface area contributed by atoms with Crippen molar-refractivity contribution in [2.75, 3.05) is 26.2 Å². The Morgan fingerprint density at radius 2 is 2.29 bits per heavy atom. The van der Waals surface area contributed by atoms with Gasteiger partial charge in [-0.05, 0) is 32.0 Å². The average Bonchev–Trinajstić information content (AvgIpc) is 2.59. The van der Waals surface area contributed by atoms with E-state index < -0.39 is 0 Å². The molecule has 0 radical (unpaired) electrons. The van der Waals surface area contributed by atoms with E-state index in [0.29, 0.717) is 6.04 Å². The lowest BCUT2D eigenvalue weighted by atomic mass is 10.2. The van der Waals surface area contributed by atoms with Crippen molar-refractivity contribution >= 4 is 0 Å². The number of nitrogens with one attached hydrogen (secondary N) is 2. The molecule has 0 bridgehead atoms. The van der Waals surface area contributed by atoms with E-state index in [1.54, 1.807) is 0 Å². The van der Waals surface area contributed by atoms with Crippen LogP contribution in [0.25, 0.3) is 0 Å². The third-order valence-corrected chi connectivity index (χ3v) is 2.99. The highest BCUT2D eigenvalue weighted by Crippen LogP contribution is 2.18. The molecule has 1 aliphatic heterocycles. The molecule has 1 saturated heterocycles. The van der Waals surface area contributed by atoms with Crippen LogP contribution < -0.4 is 5.32 Å². The highest BCUT2D eigenvalue weighted by atomic mass is 15.2. The molecule has 1 aromatic rings. The molecule has 3 nitrogen and oxygen atoms in total. The Morgan fingerprint density at radius 3 is 3.07 bits per heavy atom. The summed E-state index contributed by atoms with van der Waals surface area (Å²) in [4.78, 5) is 5.83. The van der Waals surface area contributed by atoms with Crippen molar-refractivity contribution in [2.45, 2.75) is 19.4 Å². The summed E-state index contributed by atoms with van der Waals surface area (Å²) < 4.78 is 0. The van der Waals surface area contributed by atoms with E-state index in [1.807, 2.05) is 6.20 Å². The number of aromatic amines is 1. The molecule has 2 heterocycles. The Bertz CT molecular complexity index is 248. The Morgan fingerprint density at radius 1 is 1.36 bits per heavy atom. The summed E-state index contributed by atoms with van der Waals surface area (Å²) in [6, 6.07) is 4.76. The van der Waals surface area contributed by atoms with E-state index in [-0.39, 0.29) is 0 Å². The quantitative estimate of drug-likeness (QED) is 0.743. The van der Waals surface area contributed by atoms with Gasteiger partial charge in [-0.25, -0.2) is 0 Å². The predicted octanol–water partition coefficient (Wildman–Crippen LogP) is 1.37. The van der Waals surface area contributed by atoms with Gasteiger partial charge in [0.05, 0.1) is 0 Å². The summed E-state index contributed by atoms with van der Waals surface area (Å²) >= 11 is 0. The summed E-state index contributed by atoms with van der Waals surface area (Å²) in [6.07, 6.45) is 3.26. The monoisotopic (exact) mass is 193 g/mol. The van der Waals surface area contributed by atoms with E-state index in [0.717, 1.165) is 19.6 Å². The molecule has 14 heavy (non-hydrogen) atoms. The normalized spacial score (nSPS) is 21.8. The molecule has 0 aromatic carbocycles. The topological polar surface area (TPSA) is 31.1 Å². The largest absolute Gasteiger partial charge is 0.364 e. The van der Waals surface area contributed by atoms with Gasteiger partial charge in [-0.1, -0.05) is 0 Å². The molecule has 1 fully saturated rings. The van der Waals surface area contributed by atoms with Crippen LogP contribution in [0, 0.1) is 0 Å². The Hall–Kier alpha value is -0.800. The number of aromatic nitrogens is 1. The van der Waals surface area contributed by atoms with Crippen LogP contribution in [0.3, 0.4) is 0 Å². The van der Waals surface area contributed by atoms with Gasteiger partial charge in [0.1, 0.15) is 0 Å². The van der Waals surface area contributed by atoms with Crippen LogP contribution in [-0.2, 0) is 0 Å². The SMILES string of the molecule is CC(c1ccc[nH]1)N1CCCNCC1. The van der Waals surface area contributed by atoms with Crippen LogP contribution >= 0.6 is 0 Å². The van der Waals surface area contributed by atoms with E-state index >= 15 is 0 Å². The predicted molar refractivity (Wildman–Crippen MR) is 58.3 cm³/mol. The zero-order valence-corrected chi connectivity index (χ0v) is 8.79. The minimum Gasteiger partial charge on any atom is -0.364 e. The van der Waals surface area contributed by atoms with Crippen LogP contribution in [0.1, 0.15) is 25.1 Å². The van der Waals surface area contributed by atoms with Gasteiger partial charge in [-0.3, -0.25) is 4.90 Å². The first-order valence-electron chi connectivity index (χ1n) is 5.46. The number of rotatable bonds is 2. The maximum absolute atomic E-state index is 3.43. The fourth-order valence-electron chi connectivity index (χ4n) is 2.05. The second-order valence-electron chi connectivity index (χ2n) is 3.94. The Kier molecular flexibility index (Phi) is 3.22. The number of hydrogen-bond donors (Lipinski definition) is 2. The molecule has 1 unspecified atom stereocenters. The first-order chi connectivity index (χ1) is 6.88. The summed E-state index contributed by atoms with van der Waals surface area (Å²) in [6.45, 7) is 6.91. The van der Waals surface area contributed by atoms with E-state index in [9.17, 15) is 0 Å². The van der Waals surface area contributed by atoms with Crippen molar-refractivity contribution in [3.8, 4) is 0 Å². The highest BCUT2D eigenvalue weighted by Gasteiger charge is 2.16. The average molecular weight is 193 g/mol. The Labute approximate surface area is 85.5 Å². The number of nitrogens with zero attached hydrogens (tertiary/aromatic N) is 1. The lowest BCUT2D eigenvalue weighted by Gasteiger charge is -2.26. The van der Waals surface area contributed by atoms with Crippen molar-refractivity contribution in [2.24, 2.45) is 0 Å². The van der Waals surface area contributed by atoms with Crippen LogP contribution in [0.15, 0.2) is 18.3 Å². The second kappa shape index (κ2) is 4.62. The molecule has 0 aliphatic carbocycles. The maximum Gasteiger partial charge on any atom is 0.0470 e. The fraction of sp³-hybridized carbons (Fsp3) is 0.636. The van der Waals surface area contributed by atoms with E-state index in [2.05, 4.69) is 34.3 Å². The molecule has 0 spiro atoms.